The second-order valence-electron chi connectivity index (χ2n) is 6.22. The van der Waals surface area contributed by atoms with Crippen LogP contribution in [0.2, 0.25) is 5.02 Å². The van der Waals surface area contributed by atoms with Crippen LogP contribution in [-0.2, 0) is 16.1 Å². The molecule has 1 heterocycles. The molecule has 0 bridgehead atoms. The van der Waals surface area contributed by atoms with Crippen LogP contribution in [0.1, 0.15) is 25.8 Å². The zero-order chi connectivity index (χ0) is 18.4. The van der Waals surface area contributed by atoms with Crippen molar-refractivity contribution < 1.29 is 19.1 Å². The van der Waals surface area contributed by atoms with Gasteiger partial charge in [0.15, 0.2) is 11.5 Å². The second kappa shape index (κ2) is 10.4. The van der Waals surface area contributed by atoms with Crippen molar-refractivity contribution in [3.05, 3.63) is 22.7 Å². The van der Waals surface area contributed by atoms with E-state index in [0.717, 1.165) is 12.0 Å². The fraction of sp³-hybridized carbons (Fsp3) is 0.529. The largest absolute Gasteiger partial charge is 0.489 e. The number of nitrogens with two attached hydrogens (primary N) is 1. The third-order valence-electron chi connectivity index (χ3n) is 3.80. The maximum absolute atomic E-state index is 11.9. The molecule has 0 unspecified atom stereocenters. The molecule has 1 aliphatic heterocycles. The lowest BCUT2D eigenvalue weighted by molar-refractivity contribution is -0.127. The summed E-state index contributed by atoms with van der Waals surface area (Å²) in [6.45, 7) is 4.94. The molecule has 26 heavy (non-hydrogen) atoms. The van der Waals surface area contributed by atoms with Gasteiger partial charge in [0.25, 0.3) is 0 Å². The number of carbonyl (C=O) groups is 2. The minimum atomic E-state index is -0.631. The van der Waals surface area contributed by atoms with Crippen LogP contribution in [0.3, 0.4) is 0 Å². The molecule has 9 heteroatoms. The standard InChI is InChI=1S/C17H24ClN3O4.ClH/c1-10(2)15(19)17(23)21-9-14(22)20-8-11-6-12(18)16-13(7-11)24-4-3-5-25-16;/h6-7,10,15H,3-5,8-9,19H2,1-2H3,(H,20,22)(H,21,23);1H/t15-;/m0./s1. The summed E-state index contributed by atoms with van der Waals surface area (Å²) in [6.07, 6.45) is 0.787. The molecule has 1 aliphatic rings. The van der Waals surface area contributed by atoms with E-state index >= 15 is 0 Å². The van der Waals surface area contributed by atoms with E-state index in [1.165, 1.54) is 0 Å². The Hall–Kier alpha value is -1.70. The van der Waals surface area contributed by atoms with E-state index in [1.807, 2.05) is 13.8 Å². The lowest BCUT2D eigenvalue weighted by Crippen LogP contribution is -2.47. The van der Waals surface area contributed by atoms with Gasteiger partial charge in [0.2, 0.25) is 11.8 Å². The molecule has 0 spiro atoms. The minimum absolute atomic E-state index is 0. The fourth-order valence-corrected chi connectivity index (χ4v) is 2.53. The molecule has 0 saturated carbocycles. The molecular formula is C17H25Cl2N3O4. The molecule has 146 valence electrons. The summed E-state index contributed by atoms with van der Waals surface area (Å²) < 4.78 is 11.2. The Kier molecular flexibility index (Phi) is 8.98. The van der Waals surface area contributed by atoms with Gasteiger partial charge in [-0.25, -0.2) is 0 Å². The summed E-state index contributed by atoms with van der Waals surface area (Å²) in [5, 5.41) is 5.69. The van der Waals surface area contributed by atoms with Crippen molar-refractivity contribution in [2.24, 2.45) is 11.7 Å². The maximum atomic E-state index is 11.9. The summed E-state index contributed by atoms with van der Waals surface area (Å²) in [5.41, 5.74) is 6.51. The highest BCUT2D eigenvalue weighted by Crippen LogP contribution is 2.37. The lowest BCUT2D eigenvalue weighted by atomic mass is 10.1. The molecule has 1 aromatic rings. The summed E-state index contributed by atoms with van der Waals surface area (Å²) in [7, 11) is 0. The Bertz CT molecular complexity index is 641. The van der Waals surface area contributed by atoms with Gasteiger partial charge in [0.05, 0.1) is 30.8 Å². The van der Waals surface area contributed by atoms with E-state index in [2.05, 4.69) is 10.6 Å². The van der Waals surface area contributed by atoms with Crippen LogP contribution in [0.4, 0.5) is 0 Å². The Morgan fingerprint density at radius 2 is 1.92 bits per heavy atom. The molecule has 0 saturated heterocycles. The fourth-order valence-electron chi connectivity index (χ4n) is 2.24. The first-order chi connectivity index (χ1) is 11.9. The number of hydrogen-bond donors (Lipinski definition) is 3. The van der Waals surface area contributed by atoms with Crippen LogP contribution < -0.4 is 25.8 Å². The second-order valence-corrected chi connectivity index (χ2v) is 6.63. The Morgan fingerprint density at radius 3 is 2.62 bits per heavy atom. The van der Waals surface area contributed by atoms with Gasteiger partial charge >= 0.3 is 0 Å². The quantitative estimate of drug-likeness (QED) is 0.667. The average Bonchev–Trinajstić information content (AvgIpc) is 2.82. The van der Waals surface area contributed by atoms with Gasteiger partial charge in [-0.3, -0.25) is 9.59 Å². The van der Waals surface area contributed by atoms with Crippen molar-refractivity contribution in [2.75, 3.05) is 19.8 Å². The number of benzene rings is 1. The zero-order valence-corrected chi connectivity index (χ0v) is 16.4. The number of hydrogen-bond acceptors (Lipinski definition) is 5. The number of carbonyl (C=O) groups excluding carboxylic acids is 2. The first-order valence-corrected chi connectivity index (χ1v) is 8.64. The minimum Gasteiger partial charge on any atom is -0.489 e. The van der Waals surface area contributed by atoms with Gasteiger partial charge in [-0.05, 0) is 23.6 Å². The van der Waals surface area contributed by atoms with E-state index in [9.17, 15) is 9.59 Å². The Balaban J connectivity index is 0.00000338. The highest BCUT2D eigenvalue weighted by atomic mass is 35.5. The predicted molar refractivity (Wildman–Crippen MR) is 102 cm³/mol. The van der Waals surface area contributed by atoms with Gasteiger partial charge in [0.1, 0.15) is 0 Å². The van der Waals surface area contributed by atoms with E-state index in [4.69, 9.17) is 26.8 Å². The number of rotatable bonds is 6. The van der Waals surface area contributed by atoms with Crippen LogP contribution in [0.5, 0.6) is 11.5 Å². The summed E-state index contributed by atoms with van der Waals surface area (Å²) in [6, 6.07) is 2.89. The van der Waals surface area contributed by atoms with Crippen LogP contribution in [0, 0.1) is 5.92 Å². The van der Waals surface area contributed by atoms with Gasteiger partial charge in [0, 0.05) is 13.0 Å². The molecule has 0 aromatic heterocycles. The van der Waals surface area contributed by atoms with Crippen molar-refractivity contribution in [3.8, 4) is 11.5 Å². The smallest absolute Gasteiger partial charge is 0.239 e. The van der Waals surface area contributed by atoms with Crippen molar-refractivity contribution in [1.82, 2.24) is 10.6 Å². The third-order valence-corrected chi connectivity index (χ3v) is 4.08. The lowest BCUT2D eigenvalue weighted by Gasteiger charge is -2.15. The number of amides is 2. The first kappa shape index (κ1) is 22.3. The van der Waals surface area contributed by atoms with E-state index in [-0.39, 0.29) is 43.2 Å². The monoisotopic (exact) mass is 405 g/mol. The van der Waals surface area contributed by atoms with Crippen LogP contribution in [0.15, 0.2) is 12.1 Å². The predicted octanol–water partition coefficient (Wildman–Crippen LogP) is 1.64. The number of fused-ring (bicyclic) bond motifs is 1. The van der Waals surface area contributed by atoms with Gasteiger partial charge in [-0.2, -0.15) is 0 Å². The molecular weight excluding hydrogens is 381 g/mol. The van der Waals surface area contributed by atoms with Crippen molar-refractivity contribution in [2.45, 2.75) is 32.9 Å². The van der Waals surface area contributed by atoms with Crippen molar-refractivity contribution in [3.63, 3.8) is 0 Å². The SMILES string of the molecule is CC(C)[C@H](N)C(=O)NCC(=O)NCc1cc(Cl)c2c(c1)OCCCO2.Cl. The number of halogens is 2. The highest BCUT2D eigenvalue weighted by molar-refractivity contribution is 6.32. The van der Waals surface area contributed by atoms with E-state index in [0.29, 0.717) is 29.7 Å². The number of ether oxygens (including phenoxy) is 2. The normalized spacial score (nSPS) is 14.0. The third kappa shape index (κ3) is 6.23. The average molecular weight is 406 g/mol. The zero-order valence-electron chi connectivity index (χ0n) is 14.8. The van der Waals surface area contributed by atoms with Gasteiger partial charge in [-0.15, -0.1) is 12.4 Å². The topological polar surface area (TPSA) is 103 Å². The van der Waals surface area contributed by atoms with Crippen molar-refractivity contribution in [1.29, 1.82) is 0 Å². The van der Waals surface area contributed by atoms with Gasteiger partial charge < -0.3 is 25.8 Å². The summed E-state index contributed by atoms with van der Waals surface area (Å²) in [4.78, 5) is 23.6. The van der Waals surface area contributed by atoms with E-state index in [1.54, 1.807) is 12.1 Å². The molecule has 2 rings (SSSR count). The number of nitrogens with one attached hydrogen (secondary N) is 2. The molecule has 0 aliphatic carbocycles. The van der Waals surface area contributed by atoms with Crippen molar-refractivity contribution >= 4 is 35.8 Å². The Labute approximate surface area is 164 Å². The molecule has 7 nitrogen and oxygen atoms in total. The Morgan fingerprint density at radius 1 is 1.23 bits per heavy atom. The maximum Gasteiger partial charge on any atom is 0.239 e. The van der Waals surface area contributed by atoms with Crippen LogP contribution in [-0.4, -0.2) is 37.6 Å². The highest BCUT2D eigenvalue weighted by Gasteiger charge is 2.18. The van der Waals surface area contributed by atoms with Crippen LogP contribution in [0.25, 0.3) is 0 Å². The molecule has 2 amide bonds. The molecule has 0 fully saturated rings. The van der Waals surface area contributed by atoms with Gasteiger partial charge in [-0.1, -0.05) is 25.4 Å². The summed E-state index contributed by atoms with van der Waals surface area (Å²) in [5.74, 6) is 0.456. The molecule has 1 aromatic carbocycles. The van der Waals surface area contributed by atoms with E-state index < -0.39 is 6.04 Å². The molecule has 1 atom stereocenters. The first-order valence-electron chi connectivity index (χ1n) is 8.26. The van der Waals surface area contributed by atoms with Crippen LogP contribution >= 0.6 is 24.0 Å². The molecule has 4 N–H and O–H groups in total. The molecule has 0 radical (unpaired) electrons. The summed E-state index contributed by atoms with van der Waals surface area (Å²) >= 11 is 6.21.